The van der Waals surface area contributed by atoms with E-state index in [4.69, 9.17) is 5.11 Å². The van der Waals surface area contributed by atoms with Crippen molar-refractivity contribution in [3.63, 3.8) is 0 Å². The summed E-state index contributed by atoms with van der Waals surface area (Å²) in [7, 11) is -3.22. The number of nitrogens with zero attached hydrogens (tertiary/aromatic N) is 2. The summed E-state index contributed by atoms with van der Waals surface area (Å²) in [5, 5.41) is 8.74. The average molecular weight is 262 g/mol. The smallest absolute Gasteiger partial charge is 0.216 e. The topological polar surface area (TPSA) is 60.9 Å². The molecule has 0 aromatic heterocycles. The fraction of sp³-hybridized carbons (Fsp3) is 1.00. The van der Waals surface area contributed by atoms with E-state index in [1.807, 2.05) is 0 Å². The highest BCUT2D eigenvalue weighted by atomic mass is 32.2. The van der Waals surface area contributed by atoms with Crippen molar-refractivity contribution in [1.82, 2.24) is 9.21 Å². The minimum Gasteiger partial charge on any atom is -0.395 e. The third-order valence-electron chi connectivity index (χ3n) is 3.86. The number of aliphatic hydroxyl groups excluding tert-OH is 1. The number of piperazine rings is 1. The van der Waals surface area contributed by atoms with Crippen molar-refractivity contribution in [2.75, 3.05) is 38.5 Å². The standard InChI is InChI=1S/C11H22N2O3S/c14-9-10-17(15,16)13-7-5-12(6-8-13)11-3-1-2-4-11/h11,14H,1-10H2. The van der Waals surface area contributed by atoms with Crippen molar-refractivity contribution in [3.8, 4) is 0 Å². The van der Waals surface area contributed by atoms with Crippen LogP contribution in [0.2, 0.25) is 0 Å². The van der Waals surface area contributed by atoms with Crippen molar-refractivity contribution in [3.05, 3.63) is 0 Å². The summed E-state index contributed by atoms with van der Waals surface area (Å²) in [5.41, 5.74) is 0. The van der Waals surface area contributed by atoms with Gasteiger partial charge in [0.05, 0.1) is 12.4 Å². The molecule has 5 nitrogen and oxygen atoms in total. The summed E-state index contributed by atoms with van der Waals surface area (Å²) in [5.74, 6) is -0.142. The Kier molecular flexibility index (Phi) is 4.41. The second-order valence-corrected chi connectivity index (χ2v) is 7.00. The number of rotatable bonds is 4. The maximum absolute atomic E-state index is 11.8. The lowest BCUT2D eigenvalue weighted by Crippen LogP contribution is -2.52. The Bertz CT molecular complexity index is 331. The molecule has 2 rings (SSSR count). The van der Waals surface area contributed by atoms with Crippen LogP contribution >= 0.6 is 0 Å². The molecule has 2 aliphatic rings. The average Bonchev–Trinajstić information content (AvgIpc) is 2.82. The van der Waals surface area contributed by atoms with E-state index in [0.717, 1.165) is 13.1 Å². The molecule has 0 aromatic rings. The lowest BCUT2D eigenvalue weighted by molar-refractivity contribution is 0.138. The lowest BCUT2D eigenvalue weighted by atomic mass is 10.2. The Morgan fingerprint density at radius 1 is 1.06 bits per heavy atom. The monoisotopic (exact) mass is 262 g/mol. The molecule has 0 unspecified atom stereocenters. The molecule has 2 fully saturated rings. The van der Waals surface area contributed by atoms with Gasteiger partial charge in [0.15, 0.2) is 0 Å². The number of sulfonamides is 1. The predicted octanol–water partition coefficient (Wildman–Crippen LogP) is -0.131. The summed E-state index contributed by atoms with van der Waals surface area (Å²) in [6.07, 6.45) is 5.16. The molecule has 0 radical (unpaired) electrons. The van der Waals surface area contributed by atoms with Crippen LogP contribution in [0.3, 0.4) is 0 Å². The van der Waals surface area contributed by atoms with E-state index >= 15 is 0 Å². The van der Waals surface area contributed by atoms with Crippen LogP contribution in [0.5, 0.6) is 0 Å². The first kappa shape index (κ1) is 13.3. The van der Waals surface area contributed by atoms with Crippen molar-refractivity contribution < 1.29 is 13.5 Å². The second kappa shape index (κ2) is 5.65. The van der Waals surface area contributed by atoms with Gasteiger partial charge in [-0.15, -0.1) is 0 Å². The minimum absolute atomic E-state index is 0.142. The predicted molar refractivity (Wildman–Crippen MR) is 66.3 cm³/mol. The molecule has 100 valence electrons. The van der Waals surface area contributed by atoms with Crippen LogP contribution in [-0.4, -0.2) is 67.3 Å². The molecule has 0 spiro atoms. The molecular formula is C11H22N2O3S. The second-order valence-electron chi connectivity index (χ2n) is 4.91. The largest absolute Gasteiger partial charge is 0.395 e. The quantitative estimate of drug-likeness (QED) is 0.766. The Labute approximate surface area is 103 Å². The molecule has 0 atom stereocenters. The van der Waals surface area contributed by atoms with Crippen LogP contribution in [0.25, 0.3) is 0 Å². The van der Waals surface area contributed by atoms with Crippen molar-refractivity contribution >= 4 is 10.0 Å². The van der Waals surface area contributed by atoms with E-state index in [0.29, 0.717) is 19.1 Å². The number of hydrogen-bond acceptors (Lipinski definition) is 4. The highest BCUT2D eigenvalue weighted by Crippen LogP contribution is 2.24. The van der Waals surface area contributed by atoms with Crippen LogP contribution in [-0.2, 0) is 10.0 Å². The number of aliphatic hydroxyl groups is 1. The van der Waals surface area contributed by atoms with Crippen LogP contribution < -0.4 is 0 Å². The molecule has 0 amide bonds. The van der Waals surface area contributed by atoms with Gasteiger partial charge in [0, 0.05) is 32.2 Å². The molecule has 6 heteroatoms. The lowest BCUT2D eigenvalue weighted by Gasteiger charge is -2.37. The zero-order valence-corrected chi connectivity index (χ0v) is 11.0. The molecule has 1 aliphatic heterocycles. The summed E-state index contributed by atoms with van der Waals surface area (Å²) in [4.78, 5) is 2.43. The van der Waals surface area contributed by atoms with Gasteiger partial charge in [0.1, 0.15) is 0 Å². The first-order valence-corrected chi connectivity index (χ1v) is 8.07. The zero-order chi connectivity index (χ0) is 12.3. The van der Waals surface area contributed by atoms with E-state index in [2.05, 4.69) is 4.90 Å². The number of hydrogen-bond donors (Lipinski definition) is 1. The van der Waals surface area contributed by atoms with Crippen molar-refractivity contribution in [2.45, 2.75) is 31.7 Å². The molecule has 1 saturated carbocycles. The Morgan fingerprint density at radius 2 is 1.65 bits per heavy atom. The SMILES string of the molecule is O=S(=O)(CCO)N1CCN(C2CCCC2)CC1. The van der Waals surface area contributed by atoms with Crippen LogP contribution in [0.4, 0.5) is 0 Å². The maximum Gasteiger partial charge on any atom is 0.216 e. The van der Waals surface area contributed by atoms with Crippen LogP contribution in [0.15, 0.2) is 0 Å². The summed E-state index contributed by atoms with van der Waals surface area (Å²) in [6, 6.07) is 0.678. The van der Waals surface area contributed by atoms with Crippen LogP contribution in [0, 0.1) is 0 Å². The van der Waals surface area contributed by atoms with E-state index in [9.17, 15) is 8.42 Å². The normalized spacial score (nSPS) is 25.5. The van der Waals surface area contributed by atoms with Gasteiger partial charge in [-0.25, -0.2) is 8.42 Å². The highest BCUT2D eigenvalue weighted by Gasteiger charge is 2.30. The van der Waals surface area contributed by atoms with E-state index in [1.165, 1.54) is 30.0 Å². The van der Waals surface area contributed by atoms with E-state index < -0.39 is 10.0 Å². The molecular weight excluding hydrogens is 240 g/mol. The fourth-order valence-corrected chi connectivity index (χ4v) is 4.07. The van der Waals surface area contributed by atoms with E-state index in [-0.39, 0.29) is 12.4 Å². The van der Waals surface area contributed by atoms with Gasteiger partial charge >= 0.3 is 0 Å². The van der Waals surface area contributed by atoms with Gasteiger partial charge in [0.25, 0.3) is 0 Å². The van der Waals surface area contributed by atoms with Crippen molar-refractivity contribution in [1.29, 1.82) is 0 Å². The maximum atomic E-state index is 11.8. The van der Waals surface area contributed by atoms with Gasteiger partial charge in [-0.05, 0) is 12.8 Å². The van der Waals surface area contributed by atoms with E-state index in [1.54, 1.807) is 0 Å². The van der Waals surface area contributed by atoms with Gasteiger partial charge < -0.3 is 5.11 Å². The third kappa shape index (κ3) is 3.19. The van der Waals surface area contributed by atoms with Gasteiger partial charge in [-0.2, -0.15) is 4.31 Å². The molecule has 1 N–H and O–H groups in total. The highest BCUT2D eigenvalue weighted by molar-refractivity contribution is 7.89. The van der Waals surface area contributed by atoms with Gasteiger partial charge in [-0.3, -0.25) is 4.90 Å². The molecule has 1 heterocycles. The fourth-order valence-electron chi connectivity index (χ4n) is 2.86. The molecule has 1 aliphatic carbocycles. The summed E-state index contributed by atoms with van der Waals surface area (Å²) in [6.45, 7) is 2.56. The Morgan fingerprint density at radius 3 is 2.18 bits per heavy atom. The van der Waals surface area contributed by atoms with Crippen LogP contribution in [0.1, 0.15) is 25.7 Å². The Hall–Kier alpha value is -0.170. The Balaban J connectivity index is 1.85. The molecule has 0 bridgehead atoms. The molecule has 1 saturated heterocycles. The first-order chi connectivity index (χ1) is 8.13. The van der Waals surface area contributed by atoms with Crippen molar-refractivity contribution in [2.24, 2.45) is 0 Å². The van der Waals surface area contributed by atoms with Gasteiger partial charge in [0.2, 0.25) is 10.0 Å². The summed E-state index contributed by atoms with van der Waals surface area (Å²) >= 11 is 0. The van der Waals surface area contributed by atoms with Gasteiger partial charge in [-0.1, -0.05) is 12.8 Å². The summed E-state index contributed by atoms with van der Waals surface area (Å²) < 4.78 is 25.0. The zero-order valence-electron chi connectivity index (χ0n) is 10.2. The minimum atomic E-state index is -3.22. The first-order valence-electron chi connectivity index (χ1n) is 6.46. The molecule has 0 aromatic carbocycles. The molecule has 17 heavy (non-hydrogen) atoms. The third-order valence-corrected chi connectivity index (χ3v) is 5.71.